The van der Waals surface area contributed by atoms with E-state index in [0.717, 1.165) is 11.1 Å². The minimum absolute atomic E-state index is 0.0454. The fraction of sp³-hybridized carbons (Fsp3) is 0.500. The molecular weight excluding hydrogens is 288 g/mol. The molecule has 0 heterocycles. The predicted molar refractivity (Wildman–Crippen MR) is 86.8 cm³/mol. The van der Waals surface area contributed by atoms with Gasteiger partial charge < -0.3 is 10.2 Å². The number of nitrogens with one attached hydrogen (secondary N) is 1. The largest absolute Gasteiger partial charge is 0.350 e. The van der Waals surface area contributed by atoms with Crippen molar-refractivity contribution in [1.29, 1.82) is 0 Å². The molecule has 0 aliphatic heterocycles. The van der Waals surface area contributed by atoms with Crippen LogP contribution in [-0.2, 0) is 9.59 Å². The molecule has 0 aliphatic carbocycles. The molecule has 0 spiro atoms. The maximum atomic E-state index is 12.1. The van der Waals surface area contributed by atoms with Crippen LogP contribution < -0.4 is 10.2 Å². The Morgan fingerprint density at radius 2 is 1.81 bits per heavy atom. The van der Waals surface area contributed by atoms with Gasteiger partial charge in [-0.3, -0.25) is 9.59 Å². The van der Waals surface area contributed by atoms with Gasteiger partial charge in [0.15, 0.2) is 0 Å². The van der Waals surface area contributed by atoms with Crippen molar-refractivity contribution in [2.24, 2.45) is 0 Å². The molecule has 0 saturated heterocycles. The first-order chi connectivity index (χ1) is 9.51. The van der Waals surface area contributed by atoms with E-state index in [-0.39, 0.29) is 23.9 Å². The Balaban J connectivity index is 3.09. The maximum absolute atomic E-state index is 12.1. The van der Waals surface area contributed by atoms with Gasteiger partial charge in [0.25, 0.3) is 0 Å². The van der Waals surface area contributed by atoms with Gasteiger partial charge in [-0.2, -0.15) is 0 Å². The van der Waals surface area contributed by atoms with Gasteiger partial charge in [-0.1, -0.05) is 17.7 Å². The highest BCUT2D eigenvalue weighted by atomic mass is 35.5. The van der Waals surface area contributed by atoms with Crippen molar-refractivity contribution >= 4 is 29.1 Å². The molecule has 0 aromatic heterocycles. The van der Waals surface area contributed by atoms with Crippen LogP contribution >= 0.6 is 11.6 Å². The second-order valence-corrected chi connectivity index (χ2v) is 6.72. The Hall–Kier alpha value is -1.55. The van der Waals surface area contributed by atoms with E-state index in [2.05, 4.69) is 5.32 Å². The lowest BCUT2D eigenvalue weighted by Gasteiger charge is -2.27. The molecule has 1 N–H and O–H groups in total. The number of amides is 2. The number of rotatable bonds is 3. The maximum Gasteiger partial charge on any atom is 0.240 e. The Morgan fingerprint density at radius 3 is 2.24 bits per heavy atom. The first-order valence-electron chi connectivity index (χ1n) is 6.87. The predicted octanol–water partition coefficient (Wildman–Crippen LogP) is 3.22. The molecule has 2 amide bonds. The zero-order valence-corrected chi connectivity index (χ0v) is 14.3. The third-order valence-electron chi connectivity index (χ3n) is 2.86. The molecule has 0 saturated carbocycles. The van der Waals surface area contributed by atoms with Gasteiger partial charge in [-0.15, -0.1) is 0 Å². The van der Waals surface area contributed by atoms with Gasteiger partial charge >= 0.3 is 0 Å². The second kappa shape index (κ2) is 6.48. The molecular formula is C16H23ClN2O2. The van der Waals surface area contributed by atoms with Crippen LogP contribution in [0.1, 0.15) is 38.8 Å². The molecule has 5 heteroatoms. The number of hydrogen-bond acceptors (Lipinski definition) is 2. The van der Waals surface area contributed by atoms with E-state index in [4.69, 9.17) is 11.6 Å². The van der Waals surface area contributed by atoms with E-state index in [9.17, 15) is 9.59 Å². The lowest BCUT2D eigenvalue weighted by atomic mass is 10.1. The summed E-state index contributed by atoms with van der Waals surface area (Å²) in [4.78, 5) is 25.4. The highest BCUT2D eigenvalue weighted by Gasteiger charge is 2.22. The number of benzene rings is 1. The van der Waals surface area contributed by atoms with Crippen LogP contribution in [0.25, 0.3) is 0 Å². The number of hydrogen-bond donors (Lipinski definition) is 1. The molecule has 0 bridgehead atoms. The third-order valence-corrected chi connectivity index (χ3v) is 3.15. The summed E-state index contributed by atoms with van der Waals surface area (Å²) in [5.74, 6) is -0.429. The fourth-order valence-electron chi connectivity index (χ4n) is 2.20. The van der Waals surface area contributed by atoms with E-state index in [0.29, 0.717) is 10.7 Å². The van der Waals surface area contributed by atoms with Crippen LogP contribution in [0.2, 0.25) is 5.02 Å². The smallest absolute Gasteiger partial charge is 0.240 e. The van der Waals surface area contributed by atoms with Gasteiger partial charge in [-0.05, 0) is 51.8 Å². The summed E-state index contributed by atoms with van der Waals surface area (Å²) in [7, 11) is 0. The highest BCUT2D eigenvalue weighted by molar-refractivity contribution is 6.34. The average molecular weight is 311 g/mol. The number of carbonyl (C=O) groups is 2. The van der Waals surface area contributed by atoms with Crippen molar-refractivity contribution in [2.75, 3.05) is 11.4 Å². The van der Waals surface area contributed by atoms with Crippen molar-refractivity contribution in [3.05, 3.63) is 28.3 Å². The molecule has 0 unspecified atom stereocenters. The van der Waals surface area contributed by atoms with Crippen LogP contribution in [0, 0.1) is 13.8 Å². The van der Waals surface area contributed by atoms with E-state index < -0.39 is 0 Å². The lowest BCUT2D eigenvalue weighted by Crippen LogP contribution is -2.47. The topological polar surface area (TPSA) is 49.4 Å². The van der Waals surface area contributed by atoms with E-state index >= 15 is 0 Å². The van der Waals surface area contributed by atoms with Gasteiger partial charge in [0.2, 0.25) is 11.8 Å². The minimum Gasteiger partial charge on any atom is -0.350 e. The molecule has 1 aromatic carbocycles. The quantitative estimate of drug-likeness (QED) is 0.932. The summed E-state index contributed by atoms with van der Waals surface area (Å²) >= 11 is 6.26. The molecule has 1 aromatic rings. The number of anilines is 1. The molecule has 1 rings (SSSR count). The summed E-state index contributed by atoms with van der Waals surface area (Å²) < 4.78 is 0. The van der Waals surface area contributed by atoms with Gasteiger partial charge in [0.1, 0.15) is 6.54 Å². The molecule has 116 valence electrons. The summed E-state index contributed by atoms with van der Waals surface area (Å²) in [5.41, 5.74) is 2.15. The van der Waals surface area contributed by atoms with Crippen LogP contribution in [0.3, 0.4) is 0 Å². The van der Waals surface area contributed by atoms with Crippen LogP contribution in [0.5, 0.6) is 0 Å². The number of nitrogens with zero attached hydrogens (tertiary/aromatic N) is 1. The van der Waals surface area contributed by atoms with Crippen molar-refractivity contribution in [3.63, 3.8) is 0 Å². The van der Waals surface area contributed by atoms with Crippen molar-refractivity contribution in [1.82, 2.24) is 5.32 Å². The van der Waals surface area contributed by atoms with Crippen molar-refractivity contribution in [2.45, 2.75) is 47.1 Å². The summed E-state index contributed by atoms with van der Waals surface area (Å²) in [6.45, 7) is 10.9. The Bertz CT molecular complexity index is 539. The third kappa shape index (κ3) is 5.05. The molecule has 0 atom stereocenters. The van der Waals surface area contributed by atoms with Gasteiger partial charge in [0, 0.05) is 12.5 Å². The summed E-state index contributed by atoms with van der Waals surface area (Å²) in [6.07, 6.45) is 0. The minimum atomic E-state index is -0.342. The Labute approximate surface area is 131 Å². The average Bonchev–Trinajstić information content (AvgIpc) is 2.23. The Morgan fingerprint density at radius 1 is 1.24 bits per heavy atom. The SMILES string of the molecule is CC(=O)N(CC(=O)NC(C)(C)C)c1c(C)cc(C)cc1Cl. The molecule has 0 fully saturated rings. The van der Waals surface area contributed by atoms with Crippen LogP contribution in [0.4, 0.5) is 5.69 Å². The highest BCUT2D eigenvalue weighted by Crippen LogP contribution is 2.31. The molecule has 4 nitrogen and oxygen atoms in total. The number of carbonyl (C=O) groups excluding carboxylic acids is 2. The first kappa shape index (κ1) is 17.5. The van der Waals surface area contributed by atoms with E-state index in [1.54, 1.807) is 6.07 Å². The lowest BCUT2D eigenvalue weighted by molar-refractivity contribution is -0.124. The van der Waals surface area contributed by atoms with Crippen molar-refractivity contribution < 1.29 is 9.59 Å². The zero-order chi connectivity index (χ0) is 16.4. The normalized spacial score (nSPS) is 11.2. The monoisotopic (exact) mass is 310 g/mol. The van der Waals surface area contributed by atoms with Gasteiger partial charge in [0.05, 0.1) is 10.7 Å². The standard InChI is InChI=1S/C16H23ClN2O2/c1-10-7-11(2)15(13(17)8-10)19(12(3)20)9-14(21)18-16(4,5)6/h7-8H,9H2,1-6H3,(H,18,21). The number of halogens is 1. The molecule has 0 radical (unpaired) electrons. The molecule has 0 aliphatic rings. The Kier molecular flexibility index (Phi) is 5.40. The van der Waals surface area contributed by atoms with E-state index in [1.165, 1.54) is 11.8 Å². The van der Waals surface area contributed by atoms with Crippen molar-refractivity contribution in [3.8, 4) is 0 Å². The summed E-state index contributed by atoms with van der Waals surface area (Å²) in [6, 6.07) is 3.74. The van der Waals surface area contributed by atoms with E-state index in [1.807, 2.05) is 40.7 Å². The van der Waals surface area contributed by atoms with Gasteiger partial charge in [-0.25, -0.2) is 0 Å². The first-order valence-corrected chi connectivity index (χ1v) is 7.25. The second-order valence-electron chi connectivity index (χ2n) is 6.32. The fourth-order valence-corrected chi connectivity index (χ4v) is 2.62. The summed E-state index contributed by atoms with van der Waals surface area (Å²) in [5, 5.41) is 3.33. The van der Waals surface area contributed by atoms with Crippen LogP contribution in [0.15, 0.2) is 12.1 Å². The van der Waals surface area contributed by atoms with Crippen LogP contribution in [-0.4, -0.2) is 23.9 Å². The number of aryl methyl sites for hydroxylation is 2. The zero-order valence-electron chi connectivity index (χ0n) is 13.5. The molecule has 21 heavy (non-hydrogen) atoms.